The van der Waals surface area contributed by atoms with E-state index in [2.05, 4.69) is 18.2 Å². The fourth-order valence-corrected chi connectivity index (χ4v) is 2.78. The Morgan fingerprint density at radius 3 is 2.71 bits per heavy atom. The van der Waals surface area contributed by atoms with E-state index in [1.165, 1.54) is 12.8 Å². The number of hydrogen-bond donors (Lipinski definition) is 0. The van der Waals surface area contributed by atoms with E-state index in [0.717, 1.165) is 0 Å². The van der Waals surface area contributed by atoms with Crippen LogP contribution in [0.25, 0.3) is 0 Å². The first kappa shape index (κ1) is 13.9. The Hall–Kier alpha value is -2.10. The normalized spacial score (nSPS) is 22.5. The Morgan fingerprint density at radius 2 is 2.10 bits per heavy atom. The predicted octanol–water partition coefficient (Wildman–Crippen LogP) is 2.96. The fraction of sp³-hybridized carbons (Fsp3) is 0.412. The summed E-state index contributed by atoms with van der Waals surface area (Å²) in [6.07, 6.45) is 12.7. The molecule has 110 valence electrons. The van der Waals surface area contributed by atoms with Crippen molar-refractivity contribution in [2.45, 2.75) is 31.2 Å². The van der Waals surface area contributed by atoms with E-state index in [4.69, 9.17) is 4.74 Å². The number of amides is 1. The molecular weight excluding hydrogens is 264 g/mol. The third-order valence-electron chi connectivity index (χ3n) is 4.13. The van der Waals surface area contributed by atoms with Gasteiger partial charge in [-0.1, -0.05) is 12.2 Å². The van der Waals surface area contributed by atoms with Gasteiger partial charge in [-0.3, -0.25) is 4.79 Å². The van der Waals surface area contributed by atoms with Crippen molar-refractivity contribution in [3.8, 4) is 0 Å². The van der Waals surface area contributed by atoms with Crippen LogP contribution in [0.1, 0.15) is 25.7 Å². The van der Waals surface area contributed by atoms with Crippen LogP contribution in [0, 0.1) is 5.92 Å². The van der Waals surface area contributed by atoms with Crippen molar-refractivity contribution >= 4 is 11.7 Å². The molecule has 0 aromatic carbocycles. The minimum absolute atomic E-state index is 0.148. The summed E-state index contributed by atoms with van der Waals surface area (Å²) >= 11 is 0. The Labute approximate surface area is 125 Å². The highest BCUT2D eigenvalue weighted by Gasteiger charge is 2.49. The lowest BCUT2D eigenvalue weighted by Crippen LogP contribution is -2.49. The number of carbonyl (C=O) groups excluding carboxylic acids is 1. The van der Waals surface area contributed by atoms with Crippen molar-refractivity contribution in [1.82, 2.24) is 4.90 Å². The van der Waals surface area contributed by atoms with Gasteiger partial charge in [0, 0.05) is 6.20 Å². The summed E-state index contributed by atoms with van der Waals surface area (Å²) in [7, 11) is 0. The first-order valence-electron chi connectivity index (χ1n) is 7.37. The van der Waals surface area contributed by atoms with Crippen LogP contribution >= 0.6 is 0 Å². The number of fused-ring (bicyclic) bond motifs is 1. The van der Waals surface area contributed by atoms with Crippen LogP contribution in [0.4, 0.5) is 0 Å². The maximum Gasteiger partial charge on any atom is 0.274 e. The summed E-state index contributed by atoms with van der Waals surface area (Å²) in [5, 5.41) is 0. The molecule has 0 aromatic rings. The van der Waals surface area contributed by atoms with Gasteiger partial charge in [-0.15, -0.1) is 13.2 Å². The van der Waals surface area contributed by atoms with Gasteiger partial charge in [0.25, 0.3) is 5.91 Å². The molecule has 1 fully saturated rings. The molecule has 2 aliphatic heterocycles. The molecule has 21 heavy (non-hydrogen) atoms. The van der Waals surface area contributed by atoms with E-state index in [-0.39, 0.29) is 5.91 Å². The molecule has 1 aliphatic carbocycles. The summed E-state index contributed by atoms with van der Waals surface area (Å²) in [5.74, 6) is 1.82. The average Bonchev–Trinajstić information content (AvgIpc) is 3.25. The maximum atomic E-state index is 12.5. The van der Waals surface area contributed by atoms with Gasteiger partial charge in [0.1, 0.15) is 5.54 Å². The van der Waals surface area contributed by atoms with Crippen molar-refractivity contribution in [1.29, 1.82) is 0 Å². The van der Waals surface area contributed by atoms with Gasteiger partial charge in [0.05, 0.1) is 6.61 Å². The van der Waals surface area contributed by atoms with Crippen LogP contribution in [0.15, 0.2) is 54.4 Å². The highest BCUT2D eigenvalue weighted by Crippen LogP contribution is 2.37. The number of amidine groups is 1. The molecule has 0 radical (unpaired) electrons. The minimum atomic E-state index is -0.724. The van der Waals surface area contributed by atoms with Crippen LogP contribution < -0.4 is 0 Å². The van der Waals surface area contributed by atoms with Crippen LogP contribution in [0.2, 0.25) is 0 Å². The van der Waals surface area contributed by atoms with Crippen molar-refractivity contribution in [3.05, 3.63) is 49.4 Å². The van der Waals surface area contributed by atoms with Crippen LogP contribution in [0.3, 0.4) is 0 Å². The van der Waals surface area contributed by atoms with Gasteiger partial charge in [0.2, 0.25) is 0 Å². The zero-order chi connectivity index (χ0) is 14.9. The van der Waals surface area contributed by atoms with Gasteiger partial charge < -0.3 is 9.64 Å². The number of hydrogen-bond acceptors (Lipinski definition) is 3. The van der Waals surface area contributed by atoms with Gasteiger partial charge in [-0.2, -0.15) is 4.99 Å². The highest BCUT2D eigenvalue weighted by molar-refractivity contribution is 6.13. The van der Waals surface area contributed by atoms with Crippen LogP contribution in [-0.2, 0) is 9.53 Å². The lowest BCUT2D eigenvalue weighted by Gasteiger charge is -2.36. The summed E-state index contributed by atoms with van der Waals surface area (Å²) in [5.41, 5.74) is -0.724. The fourth-order valence-electron chi connectivity index (χ4n) is 2.78. The van der Waals surface area contributed by atoms with E-state index in [9.17, 15) is 4.79 Å². The van der Waals surface area contributed by atoms with Crippen LogP contribution in [0.5, 0.6) is 0 Å². The van der Waals surface area contributed by atoms with Crippen molar-refractivity contribution in [2.75, 3.05) is 6.61 Å². The molecule has 3 aliphatic rings. The maximum absolute atomic E-state index is 12.5. The average molecular weight is 284 g/mol. The summed E-state index contributed by atoms with van der Waals surface area (Å²) < 4.78 is 5.85. The third-order valence-corrected chi connectivity index (χ3v) is 4.13. The molecule has 0 atom stereocenters. The Morgan fingerprint density at radius 1 is 1.38 bits per heavy atom. The summed E-state index contributed by atoms with van der Waals surface area (Å²) in [6.45, 7) is 8.26. The number of nitrogens with zero attached hydrogens (tertiary/aromatic N) is 2. The van der Waals surface area contributed by atoms with Crippen molar-refractivity contribution in [3.63, 3.8) is 0 Å². The van der Waals surface area contributed by atoms with Gasteiger partial charge in [-0.25, -0.2) is 0 Å². The molecule has 4 nitrogen and oxygen atoms in total. The molecular formula is C17H20N2O2. The largest absolute Gasteiger partial charge is 0.489 e. The molecule has 4 heteroatoms. The second-order valence-electron chi connectivity index (χ2n) is 5.75. The first-order chi connectivity index (χ1) is 10.2. The molecule has 0 saturated heterocycles. The van der Waals surface area contributed by atoms with Crippen LogP contribution in [-0.4, -0.2) is 28.8 Å². The van der Waals surface area contributed by atoms with E-state index >= 15 is 0 Å². The van der Waals surface area contributed by atoms with E-state index < -0.39 is 5.54 Å². The quantitative estimate of drug-likeness (QED) is 0.675. The van der Waals surface area contributed by atoms with E-state index in [1.807, 2.05) is 23.3 Å². The number of ether oxygens (including phenoxy) is 1. The van der Waals surface area contributed by atoms with Gasteiger partial charge >= 0.3 is 0 Å². The molecule has 1 amide bonds. The molecule has 0 aromatic heterocycles. The Kier molecular flexibility index (Phi) is 3.53. The first-order valence-corrected chi connectivity index (χ1v) is 7.37. The molecule has 2 heterocycles. The van der Waals surface area contributed by atoms with E-state index in [1.54, 1.807) is 12.2 Å². The summed E-state index contributed by atoms with van der Waals surface area (Å²) in [4.78, 5) is 18.7. The number of carbonyl (C=O) groups is 1. The zero-order valence-corrected chi connectivity index (χ0v) is 12.1. The smallest absolute Gasteiger partial charge is 0.274 e. The predicted molar refractivity (Wildman–Crippen MR) is 82.5 cm³/mol. The molecule has 0 spiro atoms. The summed E-state index contributed by atoms with van der Waals surface area (Å²) in [6, 6.07) is 0. The Bertz CT molecular complexity index is 557. The second-order valence-corrected chi connectivity index (χ2v) is 5.75. The molecule has 1 saturated carbocycles. The van der Waals surface area contributed by atoms with E-state index in [0.29, 0.717) is 37.0 Å². The monoisotopic (exact) mass is 284 g/mol. The third kappa shape index (κ3) is 2.35. The second kappa shape index (κ2) is 5.35. The van der Waals surface area contributed by atoms with Gasteiger partial charge in [-0.05, 0) is 43.8 Å². The standard InChI is InChI=1S/C17H20N2O2/c1-3-9-17(10-4-2)16(20)18-15-14(6-5-11-19(15)17)21-12-13-7-8-13/h3-6,11,13H,1-2,7-10,12H2. The lowest BCUT2D eigenvalue weighted by atomic mass is 9.89. The Balaban J connectivity index is 1.86. The number of aliphatic imine (C=N–C) groups is 1. The molecule has 0 unspecified atom stereocenters. The van der Waals surface area contributed by atoms with Crippen molar-refractivity contribution in [2.24, 2.45) is 10.9 Å². The molecule has 0 N–H and O–H groups in total. The zero-order valence-electron chi connectivity index (χ0n) is 12.1. The SMILES string of the molecule is C=CCC1(CC=C)C(=O)N=C2C(OCC3CC3)=CC=CN21. The number of rotatable bonds is 7. The lowest BCUT2D eigenvalue weighted by molar-refractivity contribution is -0.124. The molecule has 0 bridgehead atoms. The number of allylic oxidation sites excluding steroid dienone is 2. The topological polar surface area (TPSA) is 41.9 Å². The van der Waals surface area contributed by atoms with Crippen molar-refractivity contribution < 1.29 is 9.53 Å². The van der Waals surface area contributed by atoms with Gasteiger partial charge in [0.15, 0.2) is 11.6 Å². The minimum Gasteiger partial charge on any atom is -0.489 e. The molecule has 3 rings (SSSR count). The highest BCUT2D eigenvalue weighted by atomic mass is 16.5.